The van der Waals surface area contributed by atoms with E-state index in [-0.39, 0.29) is 3.54 Å². The highest BCUT2D eigenvalue weighted by atomic mass is 35.5. The molecule has 1 aliphatic heterocycles. The van der Waals surface area contributed by atoms with Gasteiger partial charge in [-0.3, -0.25) is 0 Å². The van der Waals surface area contributed by atoms with Crippen LogP contribution >= 0.6 is 36.0 Å². The normalized spacial score (nSPS) is 39.8. The van der Waals surface area contributed by atoms with Crippen LogP contribution in [0.4, 0.5) is 0 Å². The van der Waals surface area contributed by atoms with Crippen LogP contribution in [0.2, 0.25) is 0 Å². The first kappa shape index (κ1) is 7.10. The van der Waals surface area contributed by atoms with Gasteiger partial charge in [-0.05, 0) is 25.0 Å². The van der Waals surface area contributed by atoms with E-state index in [0.29, 0.717) is 0 Å². The number of thiol groups is 1. The van der Waals surface area contributed by atoms with Crippen LogP contribution < -0.4 is 0 Å². The zero-order chi connectivity index (χ0) is 6.04. The number of hydrogen-bond acceptors (Lipinski definition) is 2. The second-order valence-electron chi connectivity index (χ2n) is 1.99. The Bertz CT molecular complexity index is 74.5. The fourth-order valence-corrected chi connectivity index (χ4v) is 2.49. The molecule has 1 saturated heterocycles. The standard InChI is InChI=1S/C5H9ClS2/c6-5(7)3-1-2-4-8-5/h7H,1-4H2. The van der Waals surface area contributed by atoms with Crippen molar-refractivity contribution < 1.29 is 0 Å². The van der Waals surface area contributed by atoms with E-state index >= 15 is 0 Å². The van der Waals surface area contributed by atoms with Gasteiger partial charge in [-0.25, -0.2) is 0 Å². The lowest BCUT2D eigenvalue weighted by molar-refractivity contribution is 0.726. The van der Waals surface area contributed by atoms with Crippen molar-refractivity contribution in [2.24, 2.45) is 0 Å². The largest absolute Gasteiger partial charge is 0.146 e. The second kappa shape index (κ2) is 2.72. The summed E-state index contributed by atoms with van der Waals surface area (Å²) in [5.74, 6) is 1.17. The Labute approximate surface area is 64.8 Å². The summed E-state index contributed by atoms with van der Waals surface area (Å²) in [5.41, 5.74) is 0. The zero-order valence-electron chi connectivity index (χ0n) is 4.56. The van der Waals surface area contributed by atoms with Gasteiger partial charge in [-0.1, -0.05) is 11.6 Å². The third-order valence-electron chi connectivity index (χ3n) is 1.20. The number of halogens is 1. The Morgan fingerprint density at radius 2 is 2.25 bits per heavy atom. The second-order valence-corrected chi connectivity index (χ2v) is 5.59. The van der Waals surface area contributed by atoms with Crippen molar-refractivity contribution in [3.05, 3.63) is 0 Å². The number of hydrogen-bond donors (Lipinski definition) is 1. The molecule has 1 unspecified atom stereocenters. The highest BCUT2D eigenvalue weighted by Crippen LogP contribution is 2.42. The summed E-state index contributed by atoms with van der Waals surface area (Å²) in [6.45, 7) is 0. The molecule has 0 saturated carbocycles. The summed E-state index contributed by atoms with van der Waals surface area (Å²) in [6, 6.07) is 0. The first-order valence-corrected chi connectivity index (χ1v) is 4.57. The Morgan fingerprint density at radius 3 is 2.50 bits per heavy atom. The first-order valence-electron chi connectivity index (χ1n) is 2.76. The summed E-state index contributed by atoms with van der Waals surface area (Å²) in [7, 11) is 0. The summed E-state index contributed by atoms with van der Waals surface area (Å²) >= 11 is 11.9. The maximum absolute atomic E-state index is 5.90. The van der Waals surface area contributed by atoms with Crippen LogP contribution in [0.3, 0.4) is 0 Å². The Kier molecular flexibility index (Phi) is 2.41. The van der Waals surface area contributed by atoms with Gasteiger partial charge in [-0.2, -0.15) is 0 Å². The van der Waals surface area contributed by atoms with Gasteiger partial charge in [0.25, 0.3) is 0 Å². The smallest absolute Gasteiger partial charge is 0.132 e. The number of thioether (sulfide) groups is 1. The molecule has 0 bridgehead atoms. The molecular formula is C5H9ClS2. The molecule has 1 atom stereocenters. The minimum Gasteiger partial charge on any atom is -0.146 e. The van der Waals surface area contributed by atoms with E-state index in [1.807, 2.05) is 0 Å². The van der Waals surface area contributed by atoms with Crippen LogP contribution in [0.15, 0.2) is 0 Å². The number of rotatable bonds is 0. The van der Waals surface area contributed by atoms with E-state index in [1.165, 1.54) is 18.6 Å². The summed E-state index contributed by atoms with van der Waals surface area (Å²) < 4.78 is -0.238. The summed E-state index contributed by atoms with van der Waals surface area (Å²) in [5, 5.41) is 0. The molecule has 0 aromatic carbocycles. The lowest BCUT2D eigenvalue weighted by atomic mass is 10.3. The van der Waals surface area contributed by atoms with E-state index in [4.69, 9.17) is 11.6 Å². The van der Waals surface area contributed by atoms with Crippen LogP contribution in [0.1, 0.15) is 19.3 Å². The maximum Gasteiger partial charge on any atom is 0.132 e. The minimum absolute atomic E-state index is 0.238. The molecular weight excluding hydrogens is 160 g/mol. The lowest BCUT2D eigenvalue weighted by Gasteiger charge is -2.24. The quantitative estimate of drug-likeness (QED) is 0.429. The van der Waals surface area contributed by atoms with Gasteiger partial charge < -0.3 is 0 Å². The molecule has 8 heavy (non-hydrogen) atoms. The van der Waals surface area contributed by atoms with E-state index in [1.54, 1.807) is 11.8 Å². The van der Waals surface area contributed by atoms with Gasteiger partial charge in [0, 0.05) is 0 Å². The van der Waals surface area contributed by atoms with Gasteiger partial charge in [0.15, 0.2) is 0 Å². The molecule has 1 heterocycles. The monoisotopic (exact) mass is 168 g/mol. The third-order valence-corrected chi connectivity index (χ3v) is 3.47. The average molecular weight is 169 g/mol. The predicted molar refractivity (Wildman–Crippen MR) is 43.9 cm³/mol. The average Bonchev–Trinajstić information content (AvgIpc) is 1.65. The third kappa shape index (κ3) is 2.08. The number of alkyl halides is 1. The van der Waals surface area contributed by atoms with Crippen molar-refractivity contribution in [3.8, 4) is 0 Å². The van der Waals surface area contributed by atoms with Crippen LogP contribution in [0.5, 0.6) is 0 Å². The van der Waals surface area contributed by atoms with Crippen LogP contribution in [0.25, 0.3) is 0 Å². The van der Waals surface area contributed by atoms with Crippen LogP contribution in [-0.4, -0.2) is 9.29 Å². The molecule has 0 aromatic rings. The van der Waals surface area contributed by atoms with E-state index in [9.17, 15) is 0 Å². The van der Waals surface area contributed by atoms with E-state index in [2.05, 4.69) is 12.6 Å². The molecule has 48 valence electrons. The van der Waals surface area contributed by atoms with Crippen molar-refractivity contribution in [3.63, 3.8) is 0 Å². The highest BCUT2D eigenvalue weighted by molar-refractivity contribution is 8.13. The van der Waals surface area contributed by atoms with Crippen LogP contribution in [0, 0.1) is 0 Å². The molecule has 0 nitrogen and oxygen atoms in total. The maximum atomic E-state index is 5.90. The SMILES string of the molecule is SC1(Cl)CCCCS1. The molecule has 1 rings (SSSR count). The molecule has 0 radical (unpaired) electrons. The molecule has 0 N–H and O–H groups in total. The predicted octanol–water partition coefficient (Wildman–Crippen LogP) is 2.73. The van der Waals surface area contributed by atoms with E-state index in [0.717, 1.165) is 6.42 Å². The molecule has 3 heteroatoms. The Balaban J connectivity index is 2.33. The van der Waals surface area contributed by atoms with E-state index < -0.39 is 0 Å². The van der Waals surface area contributed by atoms with Gasteiger partial charge in [0.2, 0.25) is 0 Å². The van der Waals surface area contributed by atoms with Gasteiger partial charge in [0.1, 0.15) is 3.54 Å². The molecule has 0 amide bonds. The van der Waals surface area contributed by atoms with Crippen molar-refractivity contribution in [1.82, 2.24) is 0 Å². The van der Waals surface area contributed by atoms with Crippen molar-refractivity contribution in [2.45, 2.75) is 22.8 Å². The molecule has 0 spiro atoms. The highest BCUT2D eigenvalue weighted by Gasteiger charge is 2.24. The van der Waals surface area contributed by atoms with Gasteiger partial charge in [-0.15, -0.1) is 24.4 Å². The summed E-state index contributed by atoms with van der Waals surface area (Å²) in [4.78, 5) is 0. The first-order chi connectivity index (χ1) is 3.71. The Morgan fingerprint density at radius 1 is 1.50 bits per heavy atom. The molecule has 0 aromatic heterocycles. The van der Waals surface area contributed by atoms with Gasteiger partial charge in [0.05, 0.1) is 0 Å². The topological polar surface area (TPSA) is 0 Å². The van der Waals surface area contributed by atoms with Crippen molar-refractivity contribution >= 4 is 36.0 Å². The zero-order valence-corrected chi connectivity index (χ0v) is 7.03. The molecule has 1 fully saturated rings. The summed E-state index contributed by atoms with van der Waals surface area (Å²) in [6.07, 6.45) is 3.59. The van der Waals surface area contributed by atoms with Crippen LogP contribution in [-0.2, 0) is 0 Å². The van der Waals surface area contributed by atoms with Crippen molar-refractivity contribution in [1.29, 1.82) is 0 Å². The fraction of sp³-hybridized carbons (Fsp3) is 1.00. The molecule has 1 aliphatic rings. The molecule has 0 aliphatic carbocycles. The lowest BCUT2D eigenvalue weighted by Crippen LogP contribution is -2.12. The minimum atomic E-state index is -0.238. The van der Waals surface area contributed by atoms with Gasteiger partial charge >= 0.3 is 0 Å². The fourth-order valence-electron chi connectivity index (χ4n) is 0.746. The Hall–Kier alpha value is 0.990. The van der Waals surface area contributed by atoms with Crippen molar-refractivity contribution in [2.75, 3.05) is 5.75 Å².